The number of amides is 1. The van der Waals surface area contributed by atoms with Gasteiger partial charge in [0.1, 0.15) is 0 Å². The first-order valence-corrected chi connectivity index (χ1v) is 7.49. The molecule has 3 rings (SSSR count). The Bertz CT molecular complexity index is 628. The van der Waals surface area contributed by atoms with Crippen LogP contribution in [0.1, 0.15) is 42.2 Å². The van der Waals surface area contributed by atoms with E-state index in [4.69, 9.17) is 0 Å². The Labute approximate surface area is 124 Å². The topological polar surface area (TPSA) is 51.0 Å². The van der Waals surface area contributed by atoms with E-state index < -0.39 is 0 Å². The molecule has 0 bridgehead atoms. The Morgan fingerprint density at radius 3 is 2.57 bits per heavy atom. The third kappa shape index (κ3) is 2.68. The zero-order valence-electron chi connectivity index (χ0n) is 12.5. The van der Waals surface area contributed by atoms with Gasteiger partial charge >= 0.3 is 0 Å². The van der Waals surface area contributed by atoms with Crippen LogP contribution < -0.4 is 4.90 Å². The second-order valence-corrected chi connectivity index (χ2v) is 5.55. The molecule has 110 valence electrons. The van der Waals surface area contributed by atoms with Gasteiger partial charge < -0.3 is 4.90 Å². The Morgan fingerprint density at radius 2 is 2.05 bits per heavy atom. The lowest BCUT2D eigenvalue weighted by molar-refractivity contribution is 0.0959. The Balaban J connectivity index is 1.91. The predicted molar refractivity (Wildman–Crippen MR) is 81.3 cm³/mol. The summed E-state index contributed by atoms with van der Waals surface area (Å²) in [5.74, 6) is -0.0525. The summed E-state index contributed by atoms with van der Waals surface area (Å²) in [4.78, 5) is 14.7. The van der Waals surface area contributed by atoms with E-state index in [9.17, 15) is 4.79 Å². The van der Waals surface area contributed by atoms with E-state index in [1.165, 1.54) is 12.0 Å². The molecular weight excluding hydrogens is 264 g/mol. The molecule has 0 saturated heterocycles. The number of hydrogen-bond acceptors (Lipinski definition) is 3. The smallest absolute Gasteiger partial charge is 0.280 e. The first-order chi connectivity index (χ1) is 10.2. The molecule has 1 amide bonds. The number of carbonyl (C=O) groups is 1. The van der Waals surface area contributed by atoms with Gasteiger partial charge in [0.05, 0.1) is 6.20 Å². The molecule has 0 radical (unpaired) electrons. The monoisotopic (exact) mass is 284 g/mol. The zero-order chi connectivity index (χ0) is 14.8. The number of benzene rings is 1. The quantitative estimate of drug-likeness (QED) is 0.867. The van der Waals surface area contributed by atoms with Crippen LogP contribution in [0, 0.1) is 6.92 Å². The van der Waals surface area contributed by atoms with Crippen LogP contribution in [-0.2, 0) is 6.54 Å². The number of carbonyl (C=O) groups excluding carboxylic acids is 1. The van der Waals surface area contributed by atoms with Crippen molar-refractivity contribution >= 4 is 11.6 Å². The van der Waals surface area contributed by atoms with Gasteiger partial charge in [0.15, 0.2) is 5.69 Å². The average molecular weight is 284 g/mol. The molecule has 21 heavy (non-hydrogen) atoms. The summed E-state index contributed by atoms with van der Waals surface area (Å²) in [7, 11) is 0. The summed E-state index contributed by atoms with van der Waals surface area (Å²) < 4.78 is 1.68. The number of hydrogen-bond donors (Lipinski definition) is 0. The molecule has 5 heteroatoms. The van der Waals surface area contributed by atoms with Crippen molar-refractivity contribution in [2.45, 2.75) is 45.7 Å². The van der Waals surface area contributed by atoms with Gasteiger partial charge in [0.2, 0.25) is 0 Å². The normalized spacial score (nSPS) is 14.8. The first-order valence-electron chi connectivity index (χ1n) is 7.49. The van der Waals surface area contributed by atoms with Crippen LogP contribution >= 0.6 is 0 Å². The van der Waals surface area contributed by atoms with Crippen molar-refractivity contribution in [2.75, 3.05) is 4.90 Å². The molecule has 0 unspecified atom stereocenters. The Hall–Kier alpha value is -2.17. The third-order valence-corrected chi connectivity index (χ3v) is 4.05. The fourth-order valence-electron chi connectivity index (χ4n) is 2.52. The van der Waals surface area contributed by atoms with Crippen molar-refractivity contribution in [3.05, 3.63) is 41.7 Å². The highest BCUT2D eigenvalue weighted by atomic mass is 16.2. The summed E-state index contributed by atoms with van der Waals surface area (Å²) in [6.45, 7) is 4.74. The molecule has 1 saturated carbocycles. The van der Waals surface area contributed by atoms with E-state index in [0.29, 0.717) is 12.2 Å². The van der Waals surface area contributed by atoms with Crippen molar-refractivity contribution in [3.63, 3.8) is 0 Å². The Morgan fingerprint density at radius 1 is 1.33 bits per heavy atom. The van der Waals surface area contributed by atoms with Crippen molar-refractivity contribution in [2.24, 2.45) is 0 Å². The summed E-state index contributed by atoms with van der Waals surface area (Å²) in [6.07, 6.45) is 5.02. The average Bonchev–Trinajstić information content (AvgIpc) is 2.92. The lowest BCUT2D eigenvalue weighted by atomic mass is 9.90. The molecule has 0 N–H and O–H groups in total. The molecular formula is C16H20N4O. The molecule has 0 atom stereocenters. The van der Waals surface area contributed by atoms with Crippen LogP contribution in [-0.4, -0.2) is 26.9 Å². The van der Waals surface area contributed by atoms with Crippen LogP contribution in [0.5, 0.6) is 0 Å². The largest absolute Gasteiger partial charge is 0.304 e. The summed E-state index contributed by atoms with van der Waals surface area (Å²) in [5, 5.41) is 7.98. The fraction of sp³-hybridized carbons (Fsp3) is 0.438. The van der Waals surface area contributed by atoms with Gasteiger partial charge in [-0.15, -0.1) is 5.10 Å². The van der Waals surface area contributed by atoms with Gasteiger partial charge in [-0.2, -0.15) is 0 Å². The van der Waals surface area contributed by atoms with Crippen molar-refractivity contribution in [1.82, 2.24) is 15.0 Å². The van der Waals surface area contributed by atoms with Crippen molar-refractivity contribution in [1.29, 1.82) is 0 Å². The van der Waals surface area contributed by atoms with Crippen LogP contribution in [0.25, 0.3) is 0 Å². The van der Waals surface area contributed by atoms with E-state index in [0.717, 1.165) is 18.5 Å². The van der Waals surface area contributed by atoms with Gasteiger partial charge in [-0.05, 0) is 45.2 Å². The van der Waals surface area contributed by atoms with E-state index in [1.54, 1.807) is 10.9 Å². The first kappa shape index (κ1) is 13.8. The fourth-order valence-corrected chi connectivity index (χ4v) is 2.52. The SMILES string of the molecule is CCn1cc(C(=O)N(c2ccc(C)cc2)C2CCC2)nn1. The number of aromatic nitrogens is 3. The highest BCUT2D eigenvalue weighted by Crippen LogP contribution is 2.30. The summed E-state index contributed by atoms with van der Waals surface area (Å²) in [5.41, 5.74) is 2.56. The minimum atomic E-state index is -0.0525. The molecule has 1 aromatic heterocycles. The molecule has 1 aliphatic rings. The summed E-state index contributed by atoms with van der Waals surface area (Å²) >= 11 is 0. The van der Waals surface area contributed by atoms with Crippen LogP contribution in [0.3, 0.4) is 0 Å². The second-order valence-electron chi connectivity index (χ2n) is 5.55. The molecule has 1 fully saturated rings. The molecule has 5 nitrogen and oxygen atoms in total. The van der Waals surface area contributed by atoms with Crippen molar-refractivity contribution in [3.8, 4) is 0 Å². The lowest BCUT2D eigenvalue weighted by Gasteiger charge is -2.37. The molecule has 0 spiro atoms. The lowest BCUT2D eigenvalue weighted by Crippen LogP contribution is -2.44. The maximum absolute atomic E-state index is 12.8. The molecule has 1 aromatic carbocycles. The van der Waals surface area contributed by atoms with Gasteiger partial charge in [-0.25, -0.2) is 0 Å². The minimum absolute atomic E-state index is 0.0525. The molecule has 1 aliphatic carbocycles. The highest BCUT2D eigenvalue weighted by Gasteiger charge is 2.31. The third-order valence-electron chi connectivity index (χ3n) is 4.05. The van der Waals surface area contributed by atoms with Gasteiger partial charge in [-0.1, -0.05) is 22.9 Å². The second kappa shape index (κ2) is 5.68. The zero-order valence-corrected chi connectivity index (χ0v) is 12.5. The van der Waals surface area contributed by atoms with Gasteiger partial charge in [0, 0.05) is 18.3 Å². The van der Waals surface area contributed by atoms with Gasteiger partial charge in [-0.3, -0.25) is 9.48 Å². The maximum atomic E-state index is 12.8. The molecule has 1 heterocycles. The maximum Gasteiger partial charge on any atom is 0.280 e. The van der Waals surface area contributed by atoms with Crippen LogP contribution in [0.15, 0.2) is 30.5 Å². The van der Waals surface area contributed by atoms with Gasteiger partial charge in [0.25, 0.3) is 5.91 Å². The predicted octanol–water partition coefficient (Wildman–Crippen LogP) is 2.81. The van der Waals surface area contributed by atoms with E-state index in [1.807, 2.05) is 43.0 Å². The summed E-state index contributed by atoms with van der Waals surface area (Å²) in [6, 6.07) is 8.38. The van der Waals surface area contributed by atoms with E-state index >= 15 is 0 Å². The minimum Gasteiger partial charge on any atom is -0.304 e. The number of nitrogens with zero attached hydrogens (tertiary/aromatic N) is 4. The van der Waals surface area contributed by atoms with Crippen LogP contribution in [0.4, 0.5) is 5.69 Å². The number of rotatable bonds is 4. The standard InChI is InChI=1S/C16H20N4O/c1-3-19-11-15(17-18-19)16(21)20(13-5-4-6-13)14-9-7-12(2)8-10-14/h7-11,13H,3-6H2,1-2H3. The number of anilines is 1. The molecule has 0 aliphatic heterocycles. The van der Waals surface area contributed by atoms with Crippen LogP contribution in [0.2, 0.25) is 0 Å². The van der Waals surface area contributed by atoms with E-state index in [2.05, 4.69) is 10.3 Å². The number of aryl methyl sites for hydroxylation is 2. The highest BCUT2D eigenvalue weighted by molar-refractivity contribution is 6.05. The van der Waals surface area contributed by atoms with E-state index in [-0.39, 0.29) is 11.9 Å². The molecule has 2 aromatic rings. The van der Waals surface area contributed by atoms with Crippen molar-refractivity contribution < 1.29 is 4.79 Å². The Kier molecular flexibility index (Phi) is 3.73.